The lowest BCUT2D eigenvalue weighted by Crippen LogP contribution is -2.42. The first-order chi connectivity index (χ1) is 7.63. The number of hydrogen-bond acceptors (Lipinski definition) is 5. The van der Waals surface area contributed by atoms with E-state index in [-0.39, 0.29) is 19.6 Å². The summed E-state index contributed by atoms with van der Waals surface area (Å²) in [5, 5.41) is 23.3. The summed E-state index contributed by atoms with van der Waals surface area (Å²) in [6.07, 6.45) is 2.59. The van der Waals surface area contributed by atoms with Crippen molar-refractivity contribution in [1.29, 1.82) is 0 Å². The van der Waals surface area contributed by atoms with Crippen molar-refractivity contribution in [3.05, 3.63) is 12.7 Å². The highest BCUT2D eigenvalue weighted by Gasteiger charge is 2.19. The molecule has 0 saturated heterocycles. The molecule has 1 aromatic heterocycles. The topological polar surface area (TPSA) is 117 Å². The molecule has 0 radical (unpaired) electrons. The van der Waals surface area contributed by atoms with Crippen molar-refractivity contribution in [2.24, 2.45) is 0 Å². The van der Waals surface area contributed by atoms with Crippen LogP contribution in [0.15, 0.2) is 12.7 Å². The number of aliphatic carboxylic acids is 1. The van der Waals surface area contributed by atoms with Crippen molar-refractivity contribution in [3.8, 4) is 0 Å². The van der Waals surface area contributed by atoms with Crippen molar-refractivity contribution in [1.82, 2.24) is 20.1 Å². The summed E-state index contributed by atoms with van der Waals surface area (Å²) in [5.74, 6) is -1.67. The van der Waals surface area contributed by atoms with E-state index in [9.17, 15) is 9.59 Å². The summed E-state index contributed by atoms with van der Waals surface area (Å²) in [4.78, 5) is 25.7. The van der Waals surface area contributed by atoms with Crippen molar-refractivity contribution in [2.45, 2.75) is 19.0 Å². The predicted molar refractivity (Wildman–Crippen MR) is 51.3 cm³/mol. The standard InChI is InChI=1S/C8H12N4O4/c13-2-1-6(8(15)16)11-7(14)3-12-5-9-4-10-12/h4-6,13H,1-3H2,(H,11,14)(H,15,16). The number of rotatable bonds is 6. The quantitative estimate of drug-likeness (QED) is 0.530. The summed E-state index contributed by atoms with van der Waals surface area (Å²) in [6.45, 7) is -0.407. The van der Waals surface area contributed by atoms with E-state index in [1.807, 2.05) is 0 Å². The number of carbonyl (C=O) groups excluding carboxylic acids is 1. The van der Waals surface area contributed by atoms with Gasteiger partial charge in [0.2, 0.25) is 5.91 Å². The Kier molecular flexibility index (Phi) is 4.40. The molecular formula is C8H12N4O4. The smallest absolute Gasteiger partial charge is 0.326 e. The van der Waals surface area contributed by atoms with E-state index in [0.717, 1.165) is 0 Å². The van der Waals surface area contributed by atoms with E-state index < -0.39 is 17.9 Å². The zero-order valence-electron chi connectivity index (χ0n) is 8.41. The van der Waals surface area contributed by atoms with Gasteiger partial charge in [0.25, 0.3) is 0 Å². The molecule has 1 atom stereocenters. The first-order valence-electron chi connectivity index (χ1n) is 4.59. The van der Waals surface area contributed by atoms with Crippen LogP contribution < -0.4 is 5.32 Å². The van der Waals surface area contributed by atoms with E-state index in [1.165, 1.54) is 17.3 Å². The van der Waals surface area contributed by atoms with Crippen LogP contribution in [0.4, 0.5) is 0 Å². The number of aromatic nitrogens is 3. The van der Waals surface area contributed by atoms with Crippen LogP contribution in [-0.2, 0) is 16.1 Å². The van der Waals surface area contributed by atoms with Crippen molar-refractivity contribution >= 4 is 11.9 Å². The summed E-state index contributed by atoms with van der Waals surface area (Å²) in [6, 6.07) is -1.08. The third-order valence-electron chi connectivity index (χ3n) is 1.82. The van der Waals surface area contributed by atoms with Gasteiger partial charge in [-0.05, 0) is 0 Å². The monoisotopic (exact) mass is 228 g/mol. The van der Waals surface area contributed by atoms with Gasteiger partial charge in [0, 0.05) is 13.0 Å². The number of nitrogens with zero attached hydrogens (tertiary/aromatic N) is 3. The number of carboxylic acids is 1. The first kappa shape index (κ1) is 12.1. The van der Waals surface area contributed by atoms with E-state index >= 15 is 0 Å². The second-order valence-corrected chi connectivity index (χ2v) is 3.06. The van der Waals surface area contributed by atoms with Crippen molar-refractivity contribution < 1.29 is 19.8 Å². The highest BCUT2D eigenvalue weighted by molar-refractivity contribution is 5.83. The zero-order valence-corrected chi connectivity index (χ0v) is 8.41. The van der Waals surface area contributed by atoms with Crippen LogP contribution in [0, 0.1) is 0 Å². The van der Waals surface area contributed by atoms with Crippen LogP contribution >= 0.6 is 0 Å². The first-order valence-corrected chi connectivity index (χ1v) is 4.59. The number of carbonyl (C=O) groups is 2. The Labute approximate surface area is 90.9 Å². The number of carboxylic acid groups (broad SMARTS) is 1. The summed E-state index contributed by atoms with van der Waals surface area (Å²) < 4.78 is 1.27. The van der Waals surface area contributed by atoms with Crippen molar-refractivity contribution in [2.75, 3.05) is 6.61 Å². The van der Waals surface area contributed by atoms with Crippen LogP contribution in [0.25, 0.3) is 0 Å². The van der Waals surface area contributed by atoms with Crippen LogP contribution in [-0.4, -0.2) is 49.5 Å². The molecule has 1 aromatic rings. The van der Waals surface area contributed by atoms with E-state index in [4.69, 9.17) is 10.2 Å². The Morgan fingerprint density at radius 2 is 2.25 bits per heavy atom. The van der Waals surface area contributed by atoms with Gasteiger partial charge in [-0.25, -0.2) is 14.5 Å². The van der Waals surface area contributed by atoms with Gasteiger partial charge >= 0.3 is 5.97 Å². The Morgan fingerprint density at radius 3 is 2.75 bits per heavy atom. The van der Waals surface area contributed by atoms with Gasteiger partial charge < -0.3 is 15.5 Å². The highest BCUT2D eigenvalue weighted by atomic mass is 16.4. The number of aliphatic hydroxyl groups is 1. The molecule has 1 rings (SSSR count). The molecule has 0 aromatic carbocycles. The molecule has 88 valence electrons. The highest BCUT2D eigenvalue weighted by Crippen LogP contribution is 1.92. The average molecular weight is 228 g/mol. The van der Waals surface area contributed by atoms with Crippen molar-refractivity contribution in [3.63, 3.8) is 0 Å². The minimum Gasteiger partial charge on any atom is -0.480 e. The fraction of sp³-hybridized carbons (Fsp3) is 0.500. The molecule has 0 bridgehead atoms. The molecule has 0 spiro atoms. The molecule has 0 aliphatic heterocycles. The molecule has 8 heteroatoms. The molecule has 0 saturated carbocycles. The molecule has 3 N–H and O–H groups in total. The molecule has 0 aliphatic rings. The molecule has 8 nitrogen and oxygen atoms in total. The Hall–Kier alpha value is -1.96. The number of aliphatic hydroxyl groups excluding tert-OH is 1. The maximum atomic E-state index is 11.4. The largest absolute Gasteiger partial charge is 0.480 e. The summed E-state index contributed by atoms with van der Waals surface area (Å²) in [7, 11) is 0. The number of hydrogen-bond donors (Lipinski definition) is 3. The second-order valence-electron chi connectivity index (χ2n) is 3.06. The number of nitrogens with one attached hydrogen (secondary N) is 1. The van der Waals surface area contributed by atoms with E-state index in [1.54, 1.807) is 0 Å². The van der Waals surface area contributed by atoms with Crippen LogP contribution in [0.5, 0.6) is 0 Å². The summed E-state index contributed by atoms with van der Waals surface area (Å²) in [5.41, 5.74) is 0. The Balaban J connectivity index is 2.45. The normalized spacial score (nSPS) is 12.1. The lowest BCUT2D eigenvalue weighted by molar-refractivity contribution is -0.142. The second kappa shape index (κ2) is 5.81. The Bertz CT molecular complexity index is 351. The van der Waals surface area contributed by atoms with Crippen LogP contribution in [0.1, 0.15) is 6.42 Å². The lowest BCUT2D eigenvalue weighted by atomic mass is 10.2. The van der Waals surface area contributed by atoms with Gasteiger partial charge in [-0.1, -0.05) is 0 Å². The van der Waals surface area contributed by atoms with Gasteiger partial charge in [0.1, 0.15) is 25.2 Å². The zero-order chi connectivity index (χ0) is 12.0. The lowest BCUT2D eigenvalue weighted by Gasteiger charge is -2.12. The van der Waals surface area contributed by atoms with Crippen LogP contribution in [0.3, 0.4) is 0 Å². The minimum atomic E-state index is -1.18. The molecular weight excluding hydrogens is 216 g/mol. The maximum Gasteiger partial charge on any atom is 0.326 e. The maximum absolute atomic E-state index is 11.4. The third kappa shape index (κ3) is 3.65. The van der Waals surface area contributed by atoms with Gasteiger partial charge in [0.15, 0.2) is 0 Å². The fourth-order valence-corrected chi connectivity index (χ4v) is 1.09. The predicted octanol–water partition coefficient (Wildman–Crippen LogP) is -1.77. The minimum absolute atomic E-state index is 0.0293. The van der Waals surface area contributed by atoms with Gasteiger partial charge in [-0.15, -0.1) is 0 Å². The molecule has 16 heavy (non-hydrogen) atoms. The third-order valence-corrected chi connectivity index (χ3v) is 1.82. The summed E-state index contributed by atoms with van der Waals surface area (Å²) >= 11 is 0. The fourth-order valence-electron chi connectivity index (χ4n) is 1.09. The molecule has 0 aliphatic carbocycles. The molecule has 1 unspecified atom stereocenters. The molecule has 1 heterocycles. The SMILES string of the molecule is O=C(Cn1cncn1)NC(CCO)C(=O)O. The number of amides is 1. The van der Waals surface area contributed by atoms with Gasteiger partial charge in [-0.2, -0.15) is 5.10 Å². The molecule has 1 amide bonds. The average Bonchev–Trinajstić information content (AvgIpc) is 2.69. The molecule has 0 fully saturated rings. The Morgan fingerprint density at radius 1 is 1.50 bits per heavy atom. The van der Waals surface area contributed by atoms with Gasteiger partial charge in [-0.3, -0.25) is 4.79 Å². The van der Waals surface area contributed by atoms with E-state index in [0.29, 0.717) is 0 Å². The van der Waals surface area contributed by atoms with E-state index in [2.05, 4.69) is 15.4 Å². The van der Waals surface area contributed by atoms with Gasteiger partial charge in [0.05, 0.1) is 0 Å². The van der Waals surface area contributed by atoms with Crippen LogP contribution in [0.2, 0.25) is 0 Å².